The van der Waals surface area contributed by atoms with Gasteiger partial charge >= 0.3 is 0 Å². The number of anilines is 1. The van der Waals surface area contributed by atoms with Crippen molar-refractivity contribution >= 4 is 38.4 Å². The summed E-state index contributed by atoms with van der Waals surface area (Å²) in [5, 5.41) is 4.56. The van der Waals surface area contributed by atoms with Crippen LogP contribution in [0.4, 0.5) is 5.69 Å². The lowest BCUT2D eigenvalue weighted by molar-refractivity contribution is 0.237. The second-order valence-electron chi connectivity index (χ2n) is 8.62. The van der Waals surface area contributed by atoms with Gasteiger partial charge in [0.15, 0.2) is 12.0 Å². The summed E-state index contributed by atoms with van der Waals surface area (Å²) in [4.78, 5) is 2.21. The zero-order valence-electron chi connectivity index (χ0n) is 18.2. The molecule has 0 saturated heterocycles. The van der Waals surface area contributed by atoms with Gasteiger partial charge in [0.25, 0.3) is 0 Å². The largest absolute Gasteiger partial charge is 0.463 e. The van der Waals surface area contributed by atoms with Gasteiger partial charge in [0.2, 0.25) is 0 Å². The molecule has 1 aliphatic heterocycles. The Morgan fingerprint density at radius 2 is 1.48 bits per heavy atom. The van der Waals surface area contributed by atoms with E-state index in [4.69, 9.17) is 9.15 Å². The minimum absolute atomic E-state index is 0.130. The van der Waals surface area contributed by atoms with Crippen LogP contribution >= 0.6 is 0 Å². The fraction of sp³-hybridized carbons (Fsp3) is 0.0667. The van der Waals surface area contributed by atoms with Crippen LogP contribution in [-0.4, -0.2) is 7.05 Å². The van der Waals surface area contributed by atoms with Gasteiger partial charge in [0, 0.05) is 34.3 Å². The van der Waals surface area contributed by atoms with Crippen molar-refractivity contribution in [1.82, 2.24) is 0 Å². The molecule has 1 aliphatic rings. The normalized spacial score (nSPS) is 15.3. The van der Waals surface area contributed by atoms with E-state index in [1.165, 1.54) is 0 Å². The lowest BCUT2D eigenvalue weighted by Gasteiger charge is -2.20. The zero-order chi connectivity index (χ0) is 21.9. The van der Waals surface area contributed by atoms with E-state index < -0.39 is 0 Å². The van der Waals surface area contributed by atoms with E-state index in [9.17, 15) is 0 Å². The number of rotatable bonds is 2. The molecule has 3 heteroatoms. The van der Waals surface area contributed by atoms with E-state index >= 15 is 0 Å². The molecule has 2 heterocycles. The van der Waals surface area contributed by atoms with Gasteiger partial charge in [-0.25, -0.2) is 0 Å². The molecule has 158 valence electrons. The predicted octanol–water partition coefficient (Wildman–Crippen LogP) is 7.93. The predicted molar refractivity (Wildman–Crippen MR) is 135 cm³/mol. The molecule has 0 saturated carbocycles. The first-order chi connectivity index (χ1) is 16.3. The van der Waals surface area contributed by atoms with Crippen molar-refractivity contribution in [3.05, 3.63) is 109 Å². The lowest BCUT2D eigenvalue weighted by atomic mass is 9.98. The molecule has 0 bridgehead atoms. The highest BCUT2D eigenvalue weighted by Gasteiger charge is 2.30. The van der Waals surface area contributed by atoms with Gasteiger partial charge in [-0.1, -0.05) is 84.9 Å². The van der Waals surface area contributed by atoms with Crippen LogP contribution in [0, 0.1) is 0 Å². The van der Waals surface area contributed by atoms with E-state index in [0.717, 1.165) is 60.8 Å². The summed E-state index contributed by atoms with van der Waals surface area (Å²) in [6, 6.07) is 35.9. The highest BCUT2D eigenvalue weighted by Crippen LogP contribution is 2.47. The topological polar surface area (TPSA) is 25.6 Å². The monoisotopic (exact) mass is 427 g/mol. The van der Waals surface area contributed by atoms with Crippen molar-refractivity contribution < 1.29 is 9.15 Å². The van der Waals surface area contributed by atoms with Crippen molar-refractivity contribution in [2.24, 2.45) is 0 Å². The summed E-state index contributed by atoms with van der Waals surface area (Å²) in [5.74, 6) is 0.933. The smallest absolute Gasteiger partial charge is 0.198 e. The van der Waals surface area contributed by atoms with Crippen molar-refractivity contribution in [3.63, 3.8) is 0 Å². The first-order valence-corrected chi connectivity index (χ1v) is 11.2. The van der Waals surface area contributed by atoms with Crippen LogP contribution in [-0.2, 0) is 0 Å². The third-order valence-corrected chi connectivity index (χ3v) is 6.71. The molecular formula is C30H21NO2. The average Bonchev–Trinajstić information content (AvgIpc) is 3.42. The Bertz CT molecular complexity index is 1670. The number of furan rings is 1. The molecule has 3 nitrogen and oxygen atoms in total. The van der Waals surface area contributed by atoms with Crippen LogP contribution in [0.2, 0.25) is 0 Å². The molecule has 1 unspecified atom stereocenters. The van der Waals surface area contributed by atoms with E-state index in [2.05, 4.69) is 96.9 Å². The summed E-state index contributed by atoms with van der Waals surface area (Å²) >= 11 is 0. The van der Waals surface area contributed by atoms with Crippen LogP contribution in [0.3, 0.4) is 0 Å². The SMILES string of the molecule is CN1c2ccc3ccc(-c4cccc5c4oc4ccccc45)cc3c2OC1c1ccccc1. The van der Waals surface area contributed by atoms with Crippen LogP contribution in [0.25, 0.3) is 43.8 Å². The second-order valence-corrected chi connectivity index (χ2v) is 8.62. The number of ether oxygens (including phenoxy) is 1. The Morgan fingerprint density at radius 1 is 0.697 bits per heavy atom. The van der Waals surface area contributed by atoms with Crippen molar-refractivity contribution in [3.8, 4) is 16.9 Å². The van der Waals surface area contributed by atoms with Gasteiger partial charge in [-0.3, -0.25) is 0 Å². The highest BCUT2D eigenvalue weighted by molar-refractivity contribution is 6.10. The molecule has 5 aromatic carbocycles. The van der Waals surface area contributed by atoms with Gasteiger partial charge < -0.3 is 14.1 Å². The molecule has 1 aromatic heterocycles. The van der Waals surface area contributed by atoms with Gasteiger partial charge in [-0.2, -0.15) is 0 Å². The second kappa shape index (κ2) is 6.88. The maximum Gasteiger partial charge on any atom is 0.198 e. The summed E-state index contributed by atoms with van der Waals surface area (Å²) in [5.41, 5.74) is 6.30. The maximum atomic E-state index is 6.55. The van der Waals surface area contributed by atoms with Crippen LogP contribution in [0.1, 0.15) is 11.8 Å². The van der Waals surface area contributed by atoms with E-state index in [-0.39, 0.29) is 6.23 Å². The third-order valence-electron chi connectivity index (χ3n) is 6.71. The zero-order valence-corrected chi connectivity index (χ0v) is 18.2. The van der Waals surface area contributed by atoms with Crippen LogP contribution in [0.15, 0.2) is 108 Å². The first-order valence-electron chi connectivity index (χ1n) is 11.2. The molecule has 0 amide bonds. The summed E-state index contributed by atoms with van der Waals surface area (Å²) in [6.45, 7) is 0. The molecular weight excluding hydrogens is 406 g/mol. The minimum Gasteiger partial charge on any atom is -0.463 e. The Balaban J connectivity index is 1.41. The number of hydrogen-bond donors (Lipinski definition) is 0. The molecule has 1 atom stereocenters. The van der Waals surface area contributed by atoms with Crippen LogP contribution in [0.5, 0.6) is 5.75 Å². The number of fused-ring (bicyclic) bond motifs is 6. The summed E-state index contributed by atoms with van der Waals surface area (Å²) < 4.78 is 12.8. The molecule has 7 rings (SSSR count). The fourth-order valence-electron chi connectivity index (χ4n) is 5.05. The molecule has 33 heavy (non-hydrogen) atoms. The summed E-state index contributed by atoms with van der Waals surface area (Å²) in [6.07, 6.45) is -0.130. The number of hydrogen-bond acceptors (Lipinski definition) is 3. The highest BCUT2D eigenvalue weighted by atomic mass is 16.5. The fourth-order valence-corrected chi connectivity index (χ4v) is 5.05. The molecule has 0 N–H and O–H groups in total. The van der Waals surface area contributed by atoms with Crippen LogP contribution < -0.4 is 9.64 Å². The number of benzene rings is 5. The lowest BCUT2D eigenvalue weighted by Crippen LogP contribution is -2.22. The standard InChI is InChI=1S/C30H21NO2/c1-31-26-17-16-19-14-15-21(18-25(19)29(26)33-30(31)20-8-3-2-4-9-20)22-11-7-12-24-23-10-5-6-13-27(23)32-28(22)24/h2-18,30H,1H3. The Kier molecular flexibility index (Phi) is 3.82. The molecule has 0 fully saturated rings. The van der Waals surface area contributed by atoms with E-state index in [1.807, 2.05) is 18.2 Å². The van der Waals surface area contributed by atoms with Gasteiger partial charge in [-0.15, -0.1) is 0 Å². The van der Waals surface area contributed by atoms with E-state index in [0.29, 0.717) is 0 Å². The summed E-state index contributed by atoms with van der Waals surface area (Å²) in [7, 11) is 2.09. The van der Waals surface area contributed by atoms with Gasteiger partial charge in [0.1, 0.15) is 11.2 Å². The Labute approximate surface area is 191 Å². The first kappa shape index (κ1) is 18.3. The van der Waals surface area contributed by atoms with E-state index in [1.54, 1.807) is 0 Å². The number of para-hydroxylation sites is 2. The van der Waals surface area contributed by atoms with Crippen molar-refractivity contribution in [2.75, 3.05) is 11.9 Å². The molecule has 0 radical (unpaired) electrons. The Hall–Kier alpha value is -4.24. The molecule has 0 aliphatic carbocycles. The average molecular weight is 428 g/mol. The number of nitrogens with zero attached hydrogens (tertiary/aromatic N) is 1. The molecule has 6 aromatic rings. The van der Waals surface area contributed by atoms with Gasteiger partial charge in [-0.05, 0) is 29.1 Å². The Morgan fingerprint density at radius 3 is 2.39 bits per heavy atom. The maximum absolute atomic E-state index is 6.55. The third kappa shape index (κ3) is 2.69. The molecule has 0 spiro atoms. The minimum atomic E-state index is -0.130. The van der Waals surface area contributed by atoms with Gasteiger partial charge in [0.05, 0.1) is 5.69 Å². The quantitative estimate of drug-likeness (QED) is 0.280. The van der Waals surface area contributed by atoms with Crippen molar-refractivity contribution in [1.29, 1.82) is 0 Å². The van der Waals surface area contributed by atoms with Crippen molar-refractivity contribution in [2.45, 2.75) is 6.23 Å².